The minimum atomic E-state index is -0.223. The van der Waals surface area contributed by atoms with Gasteiger partial charge in [-0.2, -0.15) is 0 Å². The standard InChI is InChI=1S/C10H20N2O3/c1-3-15-9(13)5-4-6-12-10(14)8(2)7-11/h8H,3-7,11H2,1-2H3,(H,12,14). The SMILES string of the molecule is CCOC(=O)CCCNC(=O)C(C)CN. The summed E-state index contributed by atoms with van der Waals surface area (Å²) in [6, 6.07) is 0. The Morgan fingerprint density at radius 1 is 1.47 bits per heavy atom. The summed E-state index contributed by atoms with van der Waals surface area (Å²) < 4.78 is 4.75. The van der Waals surface area contributed by atoms with Crippen LogP contribution in [0.4, 0.5) is 0 Å². The normalized spacial score (nSPS) is 11.9. The minimum absolute atomic E-state index is 0.0682. The molecule has 0 aliphatic rings. The van der Waals surface area contributed by atoms with E-state index in [0.717, 1.165) is 0 Å². The molecule has 0 aliphatic heterocycles. The first-order valence-electron chi connectivity index (χ1n) is 5.25. The number of hydrogen-bond donors (Lipinski definition) is 2. The van der Waals surface area contributed by atoms with Crippen LogP contribution in [0.15, 0.2) is 0 Å². The molecule has 0 aromatic rings. The van der Waals surface area contributed by atoms with Crippen LogP contribution in [-0.2, 0) is 14.3 Å². The largest absolute Gasteiger partial charge is 0.466 e. The van der Waals surface area contributed by atoms with Gasteiger partial charge in [0.1, 0.15) is 0 Å². The van der Waals surface area contributed by atoms with Gasteiger partial charge in [0.25, 0.3) is 0 Å². The van der Waals surface area contributed by atoms with Crippen molar-refractivity contribution in [2.24, 2.45) is 11.7 Å². The predicted octanol–water partition coefficient (Wildman–Crippen LogP) is 0.0407. The van der Waals surface area contributed by atoms with E-state index in [9.17, 15) is 9.59 Å². The van der Waals surface area contributed by atoms with E-state index in [-0.39, 0.29) is 17.8 Å². The highest BCUT2D eigenvalue weighted by atomic mass is 16.5. The summed E-state index contributed by atoms with van der Waals surface area (Å²) in [4.78, 5) is 22.2. The van der Waals surface area contributed by atoms with Crippen molar-refractivity contribution >= 4 is 11.9 Å². The lowest BCUT2D eigenvalue weighted by Crippen LogP contribution is -2.33. The second-order valence-corrected chi connectivity index (χ2v) is 3.34. The van der Waals surface area contributed by atoms with Gasteiger partial charge in [-0.3, -0.25) is 9.59 Å². The number of nitrogens with two attached hydrogens (primary N) is 1. The third kappa shape index (κ3) is 6.90. The Morgan fingerprint density at radius 3 is 2.67 bits per heavy atom. The van der Waals surface area contributed by atoms with Crippen LogP contribution in [0.5, 0.6) is 0 Å². The molecule has 0 rings (SSSR count). The molecule has 0 saturated carbocycles. The van der Waals surface area contributed by atoms with Crippen LogP contribution in [0, 0.1) is 5.92 Å². The van der Waals surface area contributed by atoms with E-state index in [0.29, 0.717) is 32.5 Å². The fourth-order valence-corrected chi connectivity index (χ4v) is 0.959. The van der Waals surface area contributed by atoms with Crippen LogP contribution in [0.3, 0.4) is 0 Å². The van der Waals surface area contributed by atoms with Gasteiger partial charge in [0.15, 0.2) is 0 Å². The second kappa shape index (κ2) is 8.23. The van der Waals surface area contributed by atoms with Gasteiger partial charge < -0.3 is 15.8 Å². The second-order valence-electron chi connectivity index (χ2n) is 3.34. The Morgan fingerprint density at radius 2 is 2.13 bits per heavy atom. The third-order valence-corrected chi connectivity index (χ3v) is 1.96. The minimum Gasteiger partial charge on any atom is -0.466 e. The molecule has 1 atom stereocenters. The highest BCUT2D eigenvalue weighted by molar-refractivity contribution is 5.78. The fraction of sp³-hybridized carbons (Fsp3) is 0.800. The summed E-state index contributed by atoms with van der Waals surface area (Å²) in [6.07, 6.45) is 0.937. The molecule has 0 aromatic carbocycles. The maximum Gasteiger partial charge on any atom is 0.305 e. The summed E-state index contributed by atoms with van der Waals surface area (Å²) in [6.45, 7) is 4.75. The maximum absolute atomic E-state index is 11.2. The van der Waals surface area contributed by atoms with E-state index in [4.69, 9.17) is 10.5 Å². The number of ether oxygens (including phenoxy) is 1. The quantitative estimate of drug-likeness (QED) is 0.465. The molecule has 0 spiro atoms. The van der Waals surface area contributed by atoms with Crippen LogP contribution in [0.2, 0.25) is 0 Å². The van der Waals surface area contributed by atoms with Crippen molar-refractivity contribution in [2.75, 3.05) is 19.7 Å². The summed E-state index contributed by atoms with van der Waals surface area (Å²) in [7, 11) is 0. The molecule has 0 aliphatic carbocycles. The van der Waals surface area contributed by atoms with E-state index >= 15 is 0 Å². The van der Waals surface area contributed by atoms with Gasteiger partial charge in [0.2, 0.25) is 5.91 Å². The molecule has 0 saturated heterocycles. The van der Waals surface area contributed by atoms with Gasteiger partial charge in [-0.25, -0.2) is 0 Å². The molecule has 0 aromatic heterocycles. The van der Waals surface area contributed by atoms with E-state index in [1.54, 1.807) is 13.8 Å². The number of nitrogens with one attached hydrogen (secondary N) is 1. The van der Waals surface area contributed by atoms with Gasteiger partial charge in [-0.05, 0) is 13.3 Å². The molecule has 15 heavy (non-hydrogen) atoms. The summed E-state index contributed by atoms with van der Waals surface area (Å²) >= 11 is 0. The van der Waals surface area contributed by atoms with E-state index in [1.165, 1.54) is 0 Å². The smallest absolute Gasteiger partial charge is 0.305 e. The van der Waals surface area contributed by atoms with Crippen molar-refractivity contribution in [3.8, 4) is 0 Å². The molecule has 0 radical (unpaired) electrons. The number of carbonyl (C=O) groups excluding carboxylic acids is 2. The number of amides is 1. The Bertz CT molecular complexity index is 207. The van der Waals surface area contributed by atoms with E-state index in [1.807, 2.05) is 0 Å². The summed E-state index contributed by atoms with van der Waals surface area (Å²) in [5, 5.41) is 2.70. The maximum atomic E-state index is 11.2. The average molecular weight is 216 g/mol. The Hall–Kier alpha value is -1.10. The molecule has 5 heteroatoms. The van der Waals surface area contributed by atoms with Gasteiger partial charge in [0, 0.05) is 25.4 Å². The lowest BCUT2D eigenvalue weighted by Gasteiger charge is -2.09. The Labute approximate surface area is 90.4 Å². The fourth-order valence-electron chi connectivity index (χ4n) is 0.959. The first-order valence-corrected chi connectivity index (χ1v) is 5.25. The Kier molecular flexibility index (Phi) is 7.62. The number of hydrogen-bond acceptors (Lipinski definition) is 4. The molecule has 1 amide bonds. The molecule has 3 N–H and O–H groups in total. The van der Waals surface area contributed by atoms with Gasteiger partial charge in [-0.1, -0.05) is 6.92 Å². The van der Waals surface area contributed by atoms with Gasteiger partial charge in [0.05, 0.1) is 6.61 Å². The third-order valence-electron chi connectivity index (χ3n) is 1.96. The molecule has 1 unspecified atom stereocenters. The zero-order chi connectivity index (χ0) is 11.7. The van der Waals surface area contributed by atoms with E-state index < -0.39 is 0 Å². The average Bonchev–Trinajstić information content (AvgIpc) is 2.23. The molecule has 0 fully saturated rings. The number of carbonyl (C=O) groups is 2. The highest BCUT2D eigenvalue weighted by Gasteiger charge is 2.09. The van der Waals surface area contributed by atoms with Crippen molar-refractivity contribution < 1.29 is 14.3 Å². The number of esters is 1. The Balaban J connectivity index is 3.46. The van der Waals surface area contributed by atoms with Crippen LogP contribution in [0.25, 0.3) is 0 Å². The predicted molar refractivity (Wildman–Crippen MR) is 57.1 cm³/mol. The first-order chi connectivity index (χ1) is 7.11. The van der Waals surface area contributed by atoms with Crippen LogP contribution in [0.1, 0.15) is 26.7 Å². The van der Waals surface area contributed by atoms with Crippen LogP contribution in [-0.4, -0.2) is 31.6 Å². The highest BCUT2D eigenvalue weighted by Crippen LogP contribution is 1.94. The van der Waals surface area contributed by atoms with E-state index in [2.05, 4.69) is 5.32 Å². The molecular weight excluding hydrogens is 196 g/mol. The first kappa shape index (κ1) is 13.9. The molecule has 88 valence electrons. The zero-order valence-electron chi connectivity index (χ0n) is 9.41. The van der Waals surface area contributed by atoms with Gasteiger partial charge in [-0.15, -0.1) is 0 Å². The van der Waals surface area contributed by atoms with Crippen molar-refractivity contribution in [3.05, 3.63) is 0 Å². The van der Waals surface area contributed by atoms with Crippen molar-refractivity contribution in [1.29, 1.82) is 0 Å². The molecule has 0 bridgehead atoms. The van der Waals surface area contributed by atoms with Crippen LogP contribution < -0.4 is 11.1 Å². The monoisotopic (exact) mass is 216 g/mol. The van der Waals surface area contributed by atoms with Crippen molar-refractivity contribution in [2.45, 2.75) is 26.7 Å². The molecule has 0 heterocycles. The summed E-state index contributed by atoms with van der Waals surface area (Å²) in [5.41, 5.74) is 5.33. The zero-order valence-corrected chi connectivity index (χ0v) is 9.41. The van der Waals surface area contributed by atoms with Crippen molar-refractivity contribution in [1.82, 2.24) is 5.32 Å². The lowest BCUT2D eigenvalue weighted by atomic mass is 10.1. The summed E-state index contributed by atoms with van der Waals surface area (Å²) in [5.74, 6) is -0.465. The van der Waals surface area contributed by atoms with Crippen molar-refractivity contribution in [3.63, 3.8) is 0 Å². The van der Waals surface area contributed by atoms with Crippen LogP contribution >= 0.6 is 0 Å². The molecule has 5 nitrogen and oxygen atoms in total. The van der Waals surface area contributed by atoms with Gasteiger partial charge >= 0.3 is 5.97 Å². The number of rotatable bonds is 7. The molecular formula is C10H20N2O3. The topological polar surface area (TPSA) is 81.4 Å². The lowest BCUT2D eigenvalue weighted by molar-refractivity contribution is -0.143.